The topological polar surface area (TPSA) is 12.0 Å². The van der Waals surface area contributed by atoms with E-state index < -0.39 is 11.7 Å². The molecule has 0 aliphatic rings. The molecule has 1 N–H and O–H groups in total. The quantitative estimate of drug-likeness (QED) is 0.792. The molecule has 0 spiro atoms. The van der Waals surface area contributed by atoms with Gasteiger partial charge in [0.1, 0.15) is 5.82 Å². The molecule has 0 atom stereocenters. The third-order valence-corrected chi connectivity index (χ3v) is 1.94. The van der Waals surface area contributed by atoms with Crippen LogP contribution in [0.15, 0.2) is 24.3 Å². The SMILES string of the molecule is CNCCC(F)(F)c1cccc(F)c1. The molecule has 78 valence electrons. The minimum atomic E-state index is -2.97. The number of rotatable bonds is 4. The second-order valence-corrected chi connectivity index (χ2v) is 3.07. The molecule has 0 amide bonds. The minimum absolute atomic E-state index is 0.198. The molecular formula is C10H12F3N. The van der Waals surface area contributed by atoms with Gasteiger partial charge in [-0.1, -0.05) is 12.1 Å². The van der Waals surface area contributed by atoms with E-state index in [9.17, 15) is 13.2 Å². The second-order valence-electron chi connectivity index (χ2n) is 3.07. The van der Waals surface area contributed by atoms with Gasteiger partial charge < -0.3 is 5.32 Å². The van der Waals surface area contributed by atoms with Crippen molar-refractivity contribution >= 4 is 0 Å². The van der Waals surface area contributed by atoms with Crippen LogP contribution in [0.5, 0.6) is 0 Å². The van der Waals surface area contributed by atoms with Crippen LogP contribution in [0.3, 0.4) is 0 Å². The smallest absolute Gasteiger partial charge is 0.274 e. The van der Waals surface area contributed by atoms with Gasteiger partial charge in [-0.15, -0.1) is 0 Å². The highest BCUT2D eigenvalue weighted by molar-refractivity contribution is 5.21. The average Bonchev–Trinajstić information content (AvgIpc) is 2.15. The van der Waals surface area contributed by atoms with Gasteiger partial charge in [-0.3, -0.25) is 0 Å². The third kappa shape index (κ3) is 2.73. The Morgan fingerprint density at radius 1 is 1.36 bits per heavy atom. The maximum Gasteiger partial charge on any atom is 0.274 e. The standard InChI is InChI=1S/C10H12F3N/c1-14-6-5-10(12,13)8-3-2-4-9(11)7-8/h2-4,7,14H,5-6H2,1H3. The lowest BCUT2D eigenvalue weighted by atomic mass is 10.1. The van der Waals surface area contributed by atoms with E-state index in [1.165, 1.54) is 12.1 Å². The molecule has 0 aromatic heterocycles. The van der Waals surface area contributed by atoms with Gasteiger partial charge in [-0.2, -0.15) is 0 Å². The van der Waals surface area contributed by atoms with Crippen molar-refractivity contribution in [3.05, 3.63) is 35.6 Å². The molecule has 1 rings (SSSR count). The van der Waals surface area contributed by atoms with Crippen LogP contribution in [0.2, 0.25) is 0 Å². The van der Waals surface area contributed by atoms with E-state index in [1.807, 2.05) is 0 Å². The first-order valence-corrected chi connectivity index (χ1v) is 4.35. The molecule has 1 nitrogen and oxygen atoms in total. The van der Waals surface area contributed by atoms with Gasteiger partial charge in [-0.25, -0.2) is 13.2 Å². The highest BCUT2D eigenvalue weighted by Gasteiger charge is 2.30. The normalized spacial score (nSPS) is 11.7. The number of halogens is 3. The molecule has 0 aliphatic heterocycles. The van der Waals surface area contributed by atoms with Gasteiger partial charge in [0.15, 0.2) is 0 Å². The second kappa shape index (κ2) is 4.46. The number of benzene rings is 1. The van der Waals surface area contributed by atoms with Crippen LogP contribution in [-0.2, 0) is 5.92 Å². The van der Waals surface area contributed by atoms with E-state index in [2.05, 4.69) is 5.32 Å². The lowest BCUT2D eigenvalue weighted by Crippen LogP contribution is -2.20. The molecule has 0 saturated carbocycles. The molecule has 0 radical (unpaired) electrons. The Balaban J connectivity index is 2.80. The molecule has 4 heteroatoms. The van der Waals surface area contributed by atoms with Gasteiger partial charge in [0, 0.05) is 18.5 Å². The van der Waals surface area contributed by atoms with Crippen LogP contribution in [0.25, 0.3) is 0 Å². The molecule has 0 fully saturated rings. The Morgan fingerprint density at radius 2 is 2.07 bits per heavy atom. The van der Waals surface area contributed by atoms with Crippen molar-refractivity contribution in [1.29, 1.82) is 0 Å². The Morgan fingerprint density at radius 3 is 2.64 bits per heavy atom. The molecular weight excluding hydrogens is 191 g/mol. The summed E-state index contributed by atoms with van der Waals surface area (Å²) in [5, 5.41) is 2.63. The number of hydrogen-bond donors (Lipinski definition) is 1. The van der Waals surface area contributed by atoms with Gasteiger partial charge >= 0.3 is 0 Å². The lowest BCUT2D eigenvalue weighted by molar-refractivity contribution is -0.0126. The summed E-state index contributed by atoms with van der Waals surface area (Å²) < 4.78 is 39.3. The Hall–Kier alpha value is -1.03. The van der Waals surface area contributed by atoms with E-state index in [-0.39, 0.29) is 18.5 Å². The first-order valence-electron chi connectivity index (χ1n) is 4.35. The third-order valence-electron chi connectivity index (χ3n) is 1.94. The van der Waals surface area contributed by atoms with Crippen LogP contribution in [0.4, 0.5) is 13.2 Å². The van der Waals surface area contributed by atoms with E-state index in [0.717, 1.165) is 12.1 Å². The number of hydrogen-bond acceptors (Lipinski definition) is 1. The van der Waals surface area contributed by atoms with E-state index in [0.29, 0.717) is 0 Å². The predicted octanol–water partition coefficient (Wildman–Crippen LogP) is 2.53. The fourth-order valence-electron chi connectivity index (χ4n) is 1.14. The van der Waals surface area contributed by atoms with Crippen LogP contribution < -0.4 is 5.32 Å². The summed E-state index contributed by atoms with van der Waals surface area (Å²) in [7, 11) is 1.60. The molecule has 0 heterocycles. The summed E-state index contributed by atoms with van der Waals surface area (Å²) in [6, 6.07) is 4.55. The monoisotopic (exact) mass is 203 g/mol. The summed E-state index contributed by atoms with van der Waals surface area (Å²) in [4.78, 5) is 0. The molecule has 0 aliphatic carbocycles. The highest BCUT2D eigenvalue weighted by Crippen LogP contribution is 2.31. The fourth-order valence-corrected chi connectivity index (χ4v) is 1.14. The maximum absolute atomic E-state index is 13.3. The molecule has 1 aromatic rings. The van der Waals surface area contributed by atoms with Gasteiger partial charge in [0.05, 0.1) is 0 Å². The van der Waals surface area contributed by atoms with Crippen LogP contribution in [0.1, 0.15) is 12.0 Å². The zero-order valence-electron chi connectivity index (χ0n) is 7.86. The van der Waals surface area contributed by atoms with Crippen molar-refractivity contribution in [2.75, 3.05) is 13.6 Å². The van der Waals surface area contributed by atoms with Crippen molar-refractivity contribution in [3.63, 3.8) is 0 Å². The summed E-state index contributed by atoms with van der Waals surface area (Å²) in [5.41, 5.74) is -0.271. The van der Waals surface area contributed by atoms with Gasteiger partial charge in [-0.05, 0) is 19.2 Å². The summed E-state index contributed by atoms with van der Waals surface area (Å²) in [6.45, 7) is 0.198. The molecule has 1 aromatic carbocycles. The van der Waals surface area contributed by atoms with E-state index in [1.54, 1.807) is 7.05 Å². The molecule has 0 saturated heterocycles. The van der Waals surface area contributed by atoms with Crippen molar-refractivity contribution in [2.24, 2.45) is 0 Å². The van der Waals surface area contributed by atoms with Crippen LogP contribution >= 0.6 is 0 Å². The minimum Gasteiger partial charge on any atom is -0.320 e. The molecule has 0 unspecified atom stereocenters. The highest BCUT2D eigenvalue weighted by atomic mass is 19.3. The Bertz CT molecular complexity index is 299. The first kappa shape index (κ1) is 11.0. The summed E-state index contributed by atoms with van der Waals surface area (Å²) >= 11 is 0. The summed E-state index contributed by atoms with van der Waals surface area (Å²) in [6.07, 6.45) is -0.326. The van der Waals surface area contributed by atoms with Crippen molar-refractivity contribution in [2.45, 2.75) is 12.3 Å². The molecule has 0 bridgehead atoms. The van der Waals surface area contributed by atoms with Crippen LogP contribution in [-0.4, -0.2) is 13.6 Å². The Kier molecular flexibility index (Phi) is 3.52. The first-order chi connectivity index (χ1) is 6.56. The largest absolute Gasteiger partial charge is 0.320 e. The number of nitrogens with one attached hydrogen (secondary N) is 1. The van der Waals surface area contributed by atoms with E-state index in [4.69, 9.17) is 0 Å². The summed E-state index contributed by atoms with van der Waals surface area (Å²) in [5.74, 6) is -3.60. The fraction of sp³-hybridized carbons (Fsp3) is 0.400. The van der Waals surface area contributed by atoms with Gasteiger partial charge in [0.2, 0.25) is 0 Å². The van der Waals surface area contributed by atoms with Crippen molar-refractivity contribution < 1.29 is 13.2 Å². The van der Waals surface area contributed by atoms with E-state index >= 15 is 0 Å². The molecule has 14 heavy (non-hydrogen) atoms. The zero-order chi connectivity index (χ0) is 10.6. The van der Waals surface area contributed by atoms with Crippen molar-refractivity contribution in [3.8, 4) is 0 Å². The number of alkyl halides is 2. The maximum atomic E-state index is 13.3. The predicted molar refractivity (Wildman–Crippen MR) is 48.8 cm³/mol. The van der Waals surface area contributed by atoms with Gasteiger partial charge in [0.25, 0.3) is 5.92 Å². The average molecular weight is 203 g/mol. The Labute approximate surface area is 80.9 Å². The zero-order valence-corrected chi connectivity index (χ0v) is 7.86. The van der Waals surface area contributed by atoms with Crippen molar-refractivity contribution in [1.82, 2.24) is 5.32 Å². The lowest BCUT2D eigenvalue weighted by Gasteiger charge is -2.16. The van der Waals surface area contributed by atoms with Crippen LogP contribution in [0, 0.1) is 5.82 Å².